The highest BCUT2D eigenvalue weighted by atomic mass is 35.5. The number of ether oxygens (including phenoxy) is 1. The molecule has 5 nitrogen and oxygen atoms in total. The number of hydrogen-bond donors (Lipinski definition) is 1. The summed E-state index contributed by atoms with van der Waals surface area (Å²) in [6.07, 6.45) is 1.86. The van der Waals surface area contributed by atoms with E-state index in [0.29, 0.717) is 28.0 Å². The highest BCUT2D eigenvalue weighted by molar-refractivity contribution is 6.35. The minimum atomic E-state index is -0.316. The number of fused-ring (bicyclic) bond motifs is 1. The van der Waals surface area contributed by atoms with Gasteiger partial charge in [0.1, 0.15) is 5.75 Å². The van der Waals surface area contributed by atoms with Gasteiger partial charge in [-0.1, -0.05) is 43.1 Å². The van der Waals surface area contributed by atoms with Crippen molar-refractivity contribution < 1.29 is 14.3 Å². The third-order valence-corrected chi connectivity index (χ3v) is 5.03. The molecule has 3 rings (SSSR count). The third kappa shape index (κ3) is 4.78. The van der Waals surface area contributed by atoms with Gasteiger partial charge in [0.25, 0.3) is 5.91 Å². The van der Waals surface area contributed by atoms with Gasteiger partial charge in [0.05, 0.1) is 5.02 Å². The largest absolute Gasteiger partial charge is 0.482 e. The summed E-state index contributed by atoms with van der Waals surface area (Å²) in [5.41, 5.74) is 2.60. The zero-order chi connectivity index (χ0) is 20.3. The van der Waals surface area contributed by atoms with E-state index in [-0.39, 0.29) is 24.3 Å². The molecule has 0 fully saturated rings. The molecule has 0 spiro atoms. The molecule has 0 radical (unpaired) electrons. The van der Waals surface area contributed by atoms with Gasteiger partial charge in [-0.3, -0.25) is 9.59 Å². The maximum atomic E-state index is 12.5. The molecule has 0 saturated carbocycles. The Morgan fingerprint density at radius 3 is 2.68 bits per heavy atom. The number of halogens is 2. The number of nitrogens with one attached hydrogen (secondary N) is 1. The van der Waals surface area contributed by atoms with Crippen molar-refractivity contribution in [2.75, 3.05) is 23.4 Å². The summed E-state index contributed by atoms with van der Waals surface area (Å²) >= 11 is 11.9. The van der Waals surface area contributed by atoms with E-state index in [2.05, 4.69) is 5.32 Å². The fourth-order valence-corrected chi connectivity index (χ4v) is 3.59. The smallest absolute Gasteiger partial charge is 0.262 e. The number of benzene rings is 2. The number of amides is 2. The van der Waals surface area contributed by atoms with Crippen molar-refractivity contribution in [2.45, 2.75) is 26.7 Å². The van der Waals surface area contributed by atoms with Crippen LogP contribution in [0.1, 0.15) is 25.8 Å². The van der Waals surface area contributed by atoms with Crippen molar-refractivity contribution in [2.24, 2.45) is 5.92 Å². The van der Waals surface area contributed by atoms with Crippen LogP contribution in [0.15, 0.2) is 36.4 Å². The van der Waals surface area contributed by atoms with Crippen LogP contribution in [0, 0.1) is 5.92 Å². The van der Waals surface area contributed by atoms with Crippen molar-refractivity contribution >= 4 is 46.4 Å². The Labute approximate surface area is 174 Å². The topological polar surface area (TPSA) is 58.6 Å². The minimum Gasteiger partial charge on any atom is -0.482 e. The van der Waals surface area contributed by atoms with Crippen LogP contribution >= 0.6 is 23.2 Å². The molecule has 0 unspecified atom stereocenters. The van der Waals surface area contributed by atoms with Crippen molar-refractivity contribution in [3.63, 3.8) is 0 Å². The summed E-state index contributed by atoms with van der Waals surface area (Å²) in [5.74, 6) is 0.0794. The monoisotopic (exact) mass is 420 g/mol. The van der Waals surface area contributed by atoms with E-state index < -0.39 is 0 Å². The first kappa shape index (κ1) is 20.5. The Bertz CT molecular complexity index is 899. The molecular formula is C21H22Cl2N2O3. The third-order valence-electron chi connectivity index (χ3n) is 4.50. The molecule has 0 bridgehead atoms. The molecule has 1 aliphatic heterocycles. The maximum Gasteiger partial charge on any atom is 0.262 e. The zero-order valence-electron chi connectivity index (χ0n) is 15.8. The summed E-state index contributed by atoms with van der Waals surface area (Å²) < 4.78 is 5.46. The number of anilines is 2. The van der Waals surface area contributed by atoms with Crippen LogP contribution in [0.3, 0.4) is 0 Å². The van der Waals surface area contributed by atoms with Gasteiger partial charge in [0, 0.05) is 28.9 Å². The molecule has 1 heterocycles. The summed E-state index contributed by atoms with van der Waals surface area (Å²) in [6.45, 7) is 4.29. The predicted octanol–water partition coefficient (Wildman–Crippen LogP) is 4.95. The van der Waals surface area contributed by atoms with Gasteiger partial charge in [-0.05, 0) is 48.7 Å². The molecule has 0 aliphatic carbocycles. The molecule has 0 aromatic heterocycles. The van der Waals surface area contributed by atoms with E-state index >= 15 is 0 Å². The van der Waals surface area contributed by atoms with E-state index in [4.69, 9.17) is 27.9 Å². The van der Waals surface area contributed by atoms with Crippen molar-refractivity contribution in [1.82, 2.24) is 0 Å². The normalized spacial score (nSPS) is 13.2. The predicted molar refractivity (Wildman–Crippen MR) is 113 cm³/mol. The molecule has 0 atom stereocenters. The average Bonchev–Trinajstić information content (AvgIpc) is 2.66. The molecule has 0 saturated heterocycles. The molecule has 1 N–H and O–H groups in total. The molecule has 1 aliphatic rings. The average molecular weight is 421 g/mol. The first-order valence-electron chi connectivity index (χ1n) is 9.17. The first-order chi connectivity index (χ1) is 13.3. The van der Waals surface area contributed by atoms with Crippen LogP contribution in [0.25, 0.3) is 0 Å². The number of carbonyl (C=O) groups excluding carboxylic acids is 2. The number of carbonyl (C=O) groups is 2. The molecule has 148 valence electrons. The lowest BCUT2D eigenvalue weighted by molar-refractivity contribution is -0.121. The number of hydrogen-bond acceptors (Lipinski definition) is 3. The Morgan fingerprint density at radius 1 is 1.18 bits per heavy atom. The van der Waals surface area contributed by atoms with Crippen molar-refractivity contribution in [3.05, 3.63) is 52.0 Å². The molecule has 28 heavy (non-hydrogen) atoms. The molecular weight excluding hydrogens is 399 g/mol. The van der Waals surface area contributed by atoms with Gasteiger partial charge < -0.3 is 15.0 Å². The highest BCUT2D eigenvalue weighted by Crippen LogP contribution is 2.31. The first-order valence-corrected chi connectivity index (χ1v) is 9.92. The molecule has 2 amide bonds. The fraction of sp³-hybridized carbons (Fsp3) is 0.333. The SMILES string of the molecule is CC(C)C(=O)N1CCCc2ccc(NC(=O)COc3ccc(Cl)cc3Cl)cc21. The lowest BCUT2D eigenvalue weighted by Crippen LogP contribution is -2.38. The standard InChI is InChI=1S/C21H22Cl2N2O3/c1-13(2)21(27)25-9-3-4-14-5-7-16(11-18(14)25)24-20(26)12-28-19-8-6-15(22)10-17(19)23/h5-8,10-11,13H,3-4,9,12H2,1-2H3,(H,24,26). The summed E-state index contributed by atoms with van der Waals surface area (Å²) in [6, 6.07) is 10.5. The Morgan fingerprint density at radius 2 is 1.96 bits per heavy atom. The molecule has 2 aromatic rings. The summed E-state index contributed by atoms with van der Waals surface area (Å²) in [5, 5.41) is 3.65. The second-order valence-corrected chi connectivity index (χ2v) is 7.85. The Kier molecular flexibility index (Phi) is 6.47. The minimum absolute atomic E-state index is 0.0817. The Balaban J connectivity index is 1.68. The van der Waals surface area contributed by atoms with Crippen LogP contribution in [0.5, 0.6) is 5.75 Å². The van der Waals surface area contributed by atoms with E-state index in [1.54, 1.807) is 18.2 Å². The van der Waals surface area contributed by atoms with Gasteiger partial charge in [-0.2, -0.15) is 0 Å². The quantitative estimate of drug-likeness (QED) is 0.744. The van der Waals surface area contributed by atoms with E-state index in [1.165, 1.54) is 0 Å². The molecule has 7 heteroatoms. The van der Waals surface area contributed by atoms with E-state index in [1.807, 2.05) is 36.9 Å². The fourth-order valence-electron chi connectivity index (χ4n) is 3.13. The van der Waals surface area contributed by atoms with Crippen molar-refractivity contribution in [3.8, 4) is 5.75 Å². The number of aryl methyl sites for hydroxylation is 1. The van der Waals surface area contributed by atoms with Crippen LogP contribution < -0.4 is 15.0 Å². The van der Waals surface area contributed by atoms with Crippen LogP contribution in [-0.4, -0.2) is 25.0 Å². The maximum absolute atomic E-state index is 12.5. The number of rotatable bonds is 5. The highest BCUT2D eigenvalue weighted by Gasteiger charge is 2.24. The van der Waals surface area contributed by atoms with E-state index in [0.717, 1.165) is 24.1 Å². The zero-order valence-corrected chi connectivity index (χ0v) is 17.3. The summed E-state index contributed by atoms with van der Waals surface area (Å²) in [4.78, 5) is 26.6. The second kappa shape index (κ2) is 8.84. The van der Waals surface area contributed by atoms with Gasteiger partial charge in [0.2, 0.25) is 5.91 Å². The summed E-state index contributed by atoms with van der Waals surface area (Å²) in [7, 11) is 0. The number of nitrogens with zero attached hydrogens (tertiary/aromatic N) is 1. The van der Waals surface area contributed by atoms with Gasteiger partial charge in [-0.25, -0.2) is 0 Å². The van der Waals surface area contributed by atoms with Gasteiger partial charge in [-0.15, -0.1) is 0 Å². The van der Waals surface area contributed by atoms with Crippen LogP contribution in [0.4, 0.5) is 11.4 Å². The molecule has 2 aromatic carbocycles. The van der Waals surface area contributed by atoms with E-state index in [9.17, 15) is 9.59 Å². The van der Waals surface area contributed by atoms with Gasteiger partial charge >= 0.3 is 0 Å². The lowest BCUT2D eigenvalue weighted by Gasteiger charge is -2.31. The van der Waals surface area contributed by atoms with Crippen LogP contribution in [-0.2, 0) is 16.0 Å². The van der Waals surface area contributed by atoms with Crippen molar-refractivity contribution in [1.29, 1.82) is 0 Å². The Hall–Kier alpha value is -2.24. The second-order valence-electron chi connectivity index (χ2n) is 7.00. The van der Waals surface area contributed by atoms with Crippen LogP contribution in [0.2, 0.25) is 10.0 Å². The van der Waals surface area contributed by atoms with Gasteiger partial charge in [0.15, 0.2) is 6.61 Å². The lowest BCUT2D eigenvalue weighted by atomic mass is 9.99.